The van der Waals surface area contributed by atoms with Crippen molar-refractivity contribution >= 4 is 0 Å². The summed E-state index contributed by atoms with van der Waals surface area (Å²) in [6.07, 6.45) is 0.0521. The second-order valence-corrected chi connectivity index (χ2v) is 4.25. The molecule has 100 valence electrons. The van der Waals surface area contributed by atoms with E-state index in [1.807, 2.05) is 0 Å². The van der Waals surface area contributed by atoms with Gasteiger partial charge in [-0.2, -0.15) is 5.06 Å². The average Bonchev–Trinajstić information content (AvgIpc) is 2.33. The summed E-state index contributed by atoms with van der Waals surface area (Å²) < 4.78 is 6.65. The average molecular weight is 257 g/mol. The first-order valence-electron chi connectivity index (χ1n) is 5.53. The first-order chi connectivity index (χ1) is 8.51. The molecular weight excluding hydrogens is 242 g/mol. The quantitative estimate of drug-likeness (QED) is 0.590. The minimum atomic E-state index is -0.746. The van der Waals surface area contributed by atoms with E-state index in [0.717, 1.165) is 5.06 Å². The summed E-state index contributed by atoms with van der Waals surface area (Å²) in [4.78, 5) is 25.1. The molecule has 1 aromatic heterocycles. The SMILES string of the molecule is Cc1cn([C@H]2CN(O)C[C@@H](CO)O2)c(=O)[nH]c1=O. The van der Waals surface area contributed by atoms with Crippen molar-refractivity contribution in [3.8, 4) is 0 Å². The highest BCUT2D eigenvalue weighted by molar-refractivity contribution is 5.01. The van der Waals surface area contributed by atoms with Crippen LogP contribution in [0.4, 0.5) is 0 Å². The van der Waals surface area contributed by atoms with Crippen LogP contribution in [0.5, 0.6) is 0 Å². The van der Waals surface area contributed by atoms with Crippen molar-refractivity contribution in [1.29, 1.82) is 0 Å². The standard InChI is InChI=1S/C10H15N3O5/c1-6-2-13(10(16)11-9(6)15)8-4-12(17)3-7(5-14)18-8/h2,7-8,14,17H,3-5H2,1H3,(H,11,15,16)/t7-,8+/m0/s1. The van der Waals surface area contributed by atoms with Crippen LogP contribution in [0.15, 0.2) is 15.8 Å². The number of aliphatic hydroxyl groups excluding tert-OH is 1. The monoisotopic (exact) mass is 257 g/mol. The van der Waals surface area contributed by atoms with E-state index in [0.29, 0.717) is 5.56 Å². The van der Waals surface area contributed by atoms with Crippen LogP contribution in [-0.4, -0.2) is 50.7 Å². The summed E-state index contributed by atoms with van der Waals surface area (Å²) in [6, 6.07) is 0. The number of morpholine rings is 1. The maximum Gasteiger partial charge on any atom is 0.330 e. The Labute approximate surface area is 102 Å². The molecule has 2 heterocycles. The number of hydrogen-bond donors (Lipinski definition) is 3. The Kier molecular flexibility index (Phi) is 3.62. The number of hydrogen-bond acceptors (Lipinski definition) is 6. The molecule has 0 bridgehead atoms. The van der Waals surface area contributed by atoms with E-state index >= 15 is 0 Å². The van der Waals surface area contributed by atoms with Gasteiger partial charge in [0.2, 0.25) is 0 Å². The first kappa shape index (κ1) is 13.0. The maximum atomic E-state index is 11.7. The lowest BCUT2D eigenvalue weighted by atomic mass is 10.3. The van der Waals surface area contributed by atoms with Gasteiger partial charge in [0.25, 0.3) is 5.56 Å². The second kappa shape index (κ2) is 5.02. The topological polar surface area (TPSA) is 108 Å². The number of nitrogens with one attached hydrogen (secondary N) is 1. The number of hydroxylamine groups is 2. The Balaban J connectivity index is 2.33. The number of aryl methyl sites for hydroxylation is 1. The van der Waals surface area contributed by atoms with Crippen LogP contribution in [0.3, 0.4) is 0 Å². The molecule has 2 atom stereocenters. The van der Waals surface area contributed by atoms with Gasteiger partial charge in [0.1, 0.15) is 0 Å². The number of rotatable bonds is 2. The molecule has 8 heteroatoms. The number of aromatic nitrogens is 2. The highest BCUT2D eigenvalue weighted by atomic mass is 16.6. The van der Waals surface area contributed by atoms with Crippen molar-refractivity contribution in [3.63, 3.8) is 0 Å². The van der Waals surface area contributed by atoms with Crippen LogP contribution in [-0.2, 0) is 4.74 Å². The van der Waals surface area contributed by atoms with Gasteiger partial charge < -0.3 is 15.1 Å². The predicted octanol–water partition coefficient (Wildman–Crippen LogP) is -1.57. The Morgan fingerprint density at radius 1 is 1.50 bits per heavy atom. The Morgan fingerprint density at radius 3 is 2.89 bits per heavy atom. The fourth-order valence-electron chi connectivity index (χ4n) is 1.85. The number of aliphatic hydroxyl groups is 1. The van der Waals surface area contributed by atoms with Crippen molar-refractivity contribution in [2.75, 3.05) is 19.7 Å². The zero-order chi connectivity index (χ0) is 13.3. The molecule has 0 saturated carbocycles. The van der Waals surface area contributed by atoms with Gasteiger partial charge in [0.05, 0.1) is 25.8 Å². The maximum absolute atomic E-state index is 11.7. The molecule has 1 aliphatic heterocycles. The molecule has 1 aromatic rings. The first-order valence-corrected chi connectivity index (χ1v) is 5.53. The Morgan fingerprint density at radius 2 is 2.22 bits per heavy atom. The largest absolute Gasteiger partial charge is 0.394 e. The van der Waals surface area contributed by atoms with Crippen molar-refractivity contribution in [3.05, 3.63) is 32.6 Å². The summed E-state index contributed by atoms with van der Waals surface area (Å²) >= 11 is 0. The van der Waals surface area contributed by atoms with Crippen LogP contribution >= 0.6 is 0 Å². The number of H-pyrrole nitrogens is 1. The van der Waals surface area contributed by atoms with Gasteiger partial charge >= 0.3 is 5.69 Å². The van der Waals surface area contributed by atoms with E-state index in [9.17, 15) is 14.8 Å². The zero-order valence-corrected chi connectivity index (χ0v) is 9.87. The molecule has 8 nitrogen and oxygen atoms in total. The molecule has 1 aliphatic rings. The molecule has 18 heavy (non-hydrogen) atoms. The molecule has 0 amide bonds. The van der Waals surface area contributed by atoms with E-state index < -0.39 is 23.6 Å². The van der Waals surface area contributed by atoms with Crippen LogP contribution in [0, 0.1) is 6.92 Å². The Hall–Kier alpha value is -1.48. The molecule has 0 aliphatic carbocycles. The van der Waals surface area contributed by atoms with Gasteiger partial charge in [-0.1, -0.05) is 0 Å². The predicted molar refractivity (Wildman–Crippen MR) is 60.4 cm³/mol. The minimum Gasteiger partial charge on any atom is -0.394 e. The van der Waals surface area contributed by atoms with Crippen molar-refractivity contribution in [2.45, 2.75) is 19.3 Å². The lowest BCUT2D eigenvalue weighted by molar-refractivity contribution is -0.223. The number of aromatic amines is 1. The third kappa shape index (κ3) is 2.51. The normalized spacial score (nSPS) is 25.3. The van der Waals surface area contributed by atoms with Gasteiger partial charge in [0, 0.05) is 11.8 Å². The molecule has 0 spiro atoms. The van der Waals surface area contributed by atoms with Gasteiger partial charge in [-0.25, -0.2) is 4.79 Å². The fourth-order valence-corrected chi connectivity index (χ4v) is 1.85. The van der Waals surface area contributed by atoms with Crippen LogP contribution in [0.25, 0.3) is 0 Å². The van der Waals surface area contributed by atoms with E-state index in [-0.39, 0.29) is 19.7 Å². The summed E-state index contributed by atoms with van der Waals surface area (Å²) in [5.74, 6) is 0. The molecule has 1 saturated heterocycles. The molecule has 0 unspecified atom stereocenters. The molecule has 3 N–H and O–H groups in total. The lowest BCUT2D eigenvalue weighted by Gasteiger charge is -2.34. The highest BCUT2D eigenvalue weighted by Gasteiger charge is 2.28. The van der Waals surface area contributed by atoms with E-state index in [1.165, 1.54) is 10.8 Å². The summed E-state index contributed by atoms with van der Waals surface area (Å²) in [5, 5.41) is 19.5. The molecule has 1 fully saturated rings. The molecule has 0 radical (unpaired) electrons. The molecule has 0 aromatic carbocycles. The number of nitrogens with zero attached hydrogens (tertiary/aromatic N) is 2. The van der Waals surface area contributed by atoms with Crippen molar-refractivity contribution < 1.29 is 15.1 Å². The third-order valence-corrected chi connectivity index (χ3v) is 2.79. The molecule has 2 rings (SSSR count). The van der Waals surface area contributed by atoms with Crippen LogP contribution in [0.2, 0.25) is 0 Å². The van der Waals surface area contributed by atoms with Gasteiger partial charge in [-0.15, -0.1) is 0 Å². The van der Waals surface area contributed by atoms with E-state index in [2.05, 4.69) is 4.98 Å². The minimum absolute atomic E-state index is 0.0852. The fraction of sp³-hybridized carbons (Fsp3) is 0.600. The summed E-state index contributed by atoms with van der Waals surface area (Å²) in [7, 11) is 0. The smallest absolute Gasteiger partial charge is 0.330 e. The third-order valence-electron chi connectivity index (χ3n) is 2.79. The lowest BCUT2D eigenvalue weighted by Crippen LogP contribution is -2.48. The zero-order valence-electron chi connectivity index (χ0n) is 9.87. The second-order valence-electron chi connectivity index (χ2n) is 4.25. The van der Waals surface area contributed by atoms with Crippen molar-refractivity contribution in [2.24, 2.45) is 0 Å². The van der Waals surface area contributed by atoms with Gasteiger partial charge in [0.15, 0.2) is 6.23 Å². The summed E-state index contributed by atoms with van der Waals surface area (Å²) in [6.45, 7) is 1.56. The van der Waals surface area contributed by atoms with E-state index in [1.54, 1.807) is 6.92 Å². The summed E-state index contributed by atoms with van der Waals surface area (Å²) in [5.41, 5.74) is -0.692. The number of ether oxygens (including phenoxy) is 1. The van der Waals surface area contributed by atoms with Crippen LogP contribution in [0.1, 0.15) is 11.8 Å². The van der Waals surface area contributed by atoms with Crippen molar-refractivity contribution in [1.82, 2.24) is 14.6 Å². The highest BCUT2D eigenvalue weighted by Crippen LogP contribution is 2.16. The van der Waals surface area contributed by atoms with Crippen LogP contribution < -0.4 is 11.2 Å². The van der Waals surface area contributed by atoms with Gasteiger partial charge in [-0.3, -0.25) is 14.3 Å². The molecular formula is C10H15N3O5. The van der Waals surface area contributed by atoms with Gasteiger partial charge in [-0.05, 0) is 6.92 Å². The Bertz CT molecular complexity index is 537. The van der Waals surface area contributed by atoms with E-state index in [4.69, 9.17) is 9.84 Å².